The Labute approximate surface area is 184 Å². The second-order valence-electron chi connectivity index (χ2n) is 6.24. The maximum absolute atomic E-state index is 13.6. The maximum atomic E-state index is 13.6. The average Bonchev–Trinajstić information content (AvgIpc) is 3.13. The number of hydrogen-bond acceptors (Lipinski definition) is 4. The number of carbonyl (C=O) groups excluding carboxylic acids is 1. The van der Waals surface area contributed by atoms with Crippen LogP contribution in [0, 0.1) is 11.6 Å². The summed E-state index contributed by atoms with van der Waals surface area (Å²) < 4.78 is 32.4. The predicted octanol–water partition coefficient (Wildman–Crippen LogP) is 6.81. The first-order chi connectivity index (χ1) is 14.4. The van der Waals surface area contributed by atoms with Crippen LogP contribution in [-0.2, 0) is 4.79 Å². The molecular weight excluding hydrogens is 453 g/mol. The van der Waals surface area contributed by atoms with Crippen molar-refractivity contribution in [2.24, 2.45) is 0 Å². The molecule has 152 valence electrons. The summed E-state index contributed by atoms with van der Waals surface area (Å²) in [6.07, 6.45) is 0. The summed E-state index contributed by atoms with van der Waals surface area (Å²) in [6, 6.07) is 13.9. The number of nitrogens with zero attached hydrogens (tertiary/aromatic N) is 1. The lowest BCUT2D eigenvalue weighted by atomic mass is 10.2. The van der Waals surface area contributed by atoms with E-state index >= 15 is 0 Å². The van der Waals surface area contributed by atoms with Crippen LogP contribution in [-0.4, -0.2) is 16.6 Å². The number of rotatable bonds is 5. The summed E-state index contributed by atoms with van der Waals surface area (Å²) in [5.41, 5.74) is 1.52. The molecule has 30 heavy (non-hydrogen) atoms. The fraction of sp³-hybridized carbons (Fsp3) is 0.0476. The van der Waals surface area contributed by atoms with Crippen LogP contribution in [0.4, 0.5) is 14.5 Å². The van der Waals surface area contributed by atoms with Gasteiger partial charge in [0.25, 0.3) is 0 Å². The maximum Gasteiger partial charge on any atom is 0.234 e. The molecule has 1 N–H and O–H groups in total. The largest absolute Gasteiger partial charge is 0.436 e. The highest BCUT2D eigenvalue weighted by Gasteiger charge is 2.16. The van der Waals surface area contributed by atoms with Crippen LogP contribution in [0.25, 0.3) is 22.6 Å². The molecule has 1 aromatic heterocycles. The van der Waals surface area contributed by atoms with Crippen LogP contribution >= 0.6 is 35.0 Å². The van der Waals surface area contributed by atoms with E-state index in [1.807, 2.05) is 12.1 Å². The van der Waals surface area contributed by atoms with Crippen molar-refractivity contribution < 1.29 is 18.0 Å². The van der Waals surface area contributed by atoms with E-state index in [0.29, 0.717) is 21.8 Å². The van der Waals surface area contributed by atoms with Crippen molar-refractivity contribution in [2.75, 3.05) is 11.1 Å². The van der Waals surface area contributed by atoms with Crippen LogP contribution in [0.1, 0.15) is 0 Å². The van der Waals surface area contributed by atoms with Gasteiger partial charge in [0, 0.05) is 15.6 Å². The summed E-state index contributed by atoms with van der Waals surface area (Å²) >= 11 is 13.2. The van der Waals surface area contributed by atoms with E-state index < -0.39 is 11.6 Å². The van der Waals surface area contributed by atoms with Crippen molar-refractivity contribution in [3.63, 3.8) is 0 Å². The molecule has 0 saturated carbocycles. The van der Waals surface area contributed by atoms with Gasteiger partial charge in [0.1, 0.15) is 5.52 Å². The lowest BCUT2D eigenvalue weighted by Gasteiger charge is -2.05. The van der Waals surface area contributed by atoms with Crippen LogP contribution in [0.2, 0.25) is 10.0 Å². The van der Waals surface area contributed by atoms with E-state index in [-0.39, 0.29) is 28.1 Å². The number of nitrogens with one attached hydrogen (secondary N) is 1. The summed E-state index contributed by atoms with van der Waals surface area (Å²) in [5, 5.41) is 3.40. The Morgan fingerprint density at radius 3 is 2.53 bits per heavy atom. The second kappa shape index (κ2) is 8.63. The van der Waals surface area contributed by atoms with Gasteiger partial charge in [-0.05, 0) is 54.6 Å². The molecule has 4 rings (SSSR count). The van der Waals surface area contributed by atoms with Gasteiger partial charge >= 0.3 is 0 Å². The molecule has 0 radical (unpaired) electrons. The standard InChI is InChI=1S/C21H12Cl2F2N2O2S/c22-11-1-4-13(5-2-11)30-10-20(28)26-12-3-6-19-18(7-12)27-21(29-19)14-8-16(24)17(25)9-15(14)23/h1-9H,10H2,(H,26,28). The number of aromatic nitrogens is 1. The molecule has 0 spiro atoms. The van der Waals surface area contributed by atoms with E-state index in [9.17, 15) is 13.6 Å². The molecule has 0 fully saturated rings. The van der Waals surface area contributed by atoms with Crippen LogP contribution in [0.15, 0.2) is 63.9 Å². The number of carbonyl (C=O) groups is 1. The predicted molar refractivity (Wildman–Crippen MR) is 115 cm³/mol. The molecule has 0 saturated heterocycles. The van der Waals surface area contributed by atoms with E-state index in [0.717, 1.165) is 17.0 Å². The van der Waals surface area contributed by atoms with Crippen LogP contribution in [0.3, 0.4) is 0 Å². The zero-order valence-corrected chi connectivity index (χ0v) is 17.4. The van der Waals surface area contributed by atoms with E-state index in [1.54, 1.807) is 30.3 Å². The fourth-order valence-corrected chi connectivity index (χ4v) is 3.74. The molecule has 1 amide bonds. The first-order valence-electron chi connectivity index (χ1n) is 8.63. The number of hydrogen-bond donors (Lipinski definition) is 1. The summed E-state index contributed by atoms with van der Waals surface area (Å²) in [7, 11) is 0. The Bertz CT molecular complexity index is 1250. The second-order valence-corrected chi connectivity index (χ2v) is 8.13. The van der Waals surface area contributed by atoms with Gasteiger partial charge in [-0.25, -0.2) is 13.8 Å². The van der Waals surface area contributed by atoms with Gasteiger partial charge in [-0.15, -0.1) is 11.8 Å². The number of halogens is 4. The van der Waals surface area contributed by atoms with Crippen molar-refractivity contribution in [3.8, 4) is 11.5 Å². The minimum absolute atomic E-state index is 0.0202. The van der Waals surface area contributed by atoms with Gasteiger partial charge in [-0.1, -0.05) is 23.2 Å². The zero-order chi connectivity index (χ0) is 21.3. The lowest BCUT2D eigenvalue weighted by Crippen LogP contribution is -2.13. The number of thioether (sulfide) groups is 1. The molecular formula is C21H12Cl2F2N2O2S. The number of fused-ring (bicyclic) bond motifs is 1. The molecule has 4 aromatic rings. The molecule has 0 bridgehead atoms. The normalized spacial score (nSPS) is 11.1. The highest BCUT2D eigenvalue weighted by molar-refractivity contribution is 8.00. The van der Waals surface area contributed by atoms with Gasteiger partial charge < -0.3 is 9.73 Å². The summed E-state index contributed by atoms with van der Waals surface area (Å²) in [5.74, 6) is -2.03. The van der Waals surface area contributed by atoms with E-state index in [4.69, 9.17) is 27.6 Å². The van der Waals surface area contributed by atoms with Gasteiger partial charge in [0.15, 0.2) is 17.2 Å². The SMILES string of the molecule is O=C(CSc1ccc(Cl)cc1)Nc1ccc2oc(-c3cc(F)c(F)cc3Cl)nc2c1. The Kier molecular flexibility index (Phi) is 5.94. The number of benzene rings is 3. The Morgan fingerprint density at radius 1 is 1.03 bits per heavy atom. The van der Waals surface area contributed by atoms with Crippen molar-refractivity contribution >= 4 is 57.7 Å². The summed E-state index contributed by atoms with van der Waals surface area (Å²) in [4.78, 5) is 17.4. The molecule has 0 atom stereocenters. The van der Waals surface area contributed by atoms with E-state index in [2.05, 4.69) is 10.3 Å². The Morgan fingerprint density at radius 2 is 1.77 bits per heavy atom. The topological polar surface area (TPSA) is 55.1 Å². The molecule has 0 unspecified atom stereocenters. The minimum Gasteiger partial charge on any atom is -0.436 e. The lowest BCUT2D eigenvalue weighted by molar-refractivity contribution is -0.113. The third-order valence-electron chi connectivity index (χ3n) is 4.10. The van der Waals surface area contributed by atoms with Crippen molar-refractivity contribution in [3.05, 3.63) is 76.3 Å². The molecule has 0 aliphatic carbocycles. The van der Waals surface area contributed by atoms with Gasteiger partial charge in [0.2, 0.25) is 11.8 Å². The van der Waals surface area contributed by atoms with Crippen LogP contribution < -0.4 is 5.32 Å². The first-order valence-corrected chi connectivity index (χ1v) is 10.4. The van der Waals surface area contributed by atoms with Gasteiger partial charge in [-0.2, -0.15) is 0 Å². The van der Waals surface area contributed by atoms with Crippen LogP contribution in [0.5, 0.6) is 0 Å². The Hall–Kier alpha value is -2.61. The van der Waals surface area contributed by atoms with E-state index in [1.165, 1.54) is 11.8 Å². The van der Waals surface area contributed by atoms with Crippen molar-refractivity contribution in [1.29, 1.82) is 0 Å². The van der Waals surface area contributed by atoms with Gasteiger partial charge in [-0.3, -0.25) is 4.79 Å². The molecule has 0 aliphatic heterocycles. The zero-order valence-electron chi connectivity index (χ0n) is 15.1. The highest BCUT2D eigenvalue weighted by atomic mass is 35.5. The monoisotopic (exact) mass is 464 g/mol. The number of oxazole rings is 1. The minimum atomic E-state index is -1.05. The summed E-state index contributed by atoms with van der Waals surface area (Å²) in [6.45, 7) is 0. The third-order valence-corrected chi connectivity index (χ3v) is 5.67. The number of amides is 1. The molecule has 3 aromatic carbocycles. The smallest absolute Gasteiger partial charge is 0.234 e. The van der Waals surface area contributed by atoms with Gasteiger partial charge in [0.05, 0.1) is 16.3 Å². The molecule has 9 heteroatoms. The van der Waals surface area contributed by atoms with Crippen molar-refractivity contribution in [1.82, 2.24) is 4.98 Å². The third kappa shape index (κ3) is 4.59. The quantitative estimate of drug-likeness (QED) is 0.260. The molecule has 0 aliphatic rings. The highest BCUT2D eigenvalue weighted by Crippen LogP contribution is 2.32. The Balaban J connectivity index is 1.49. The first kappa shape index (κ1) is 20.7. The number of anilines is 1. The molecule has 1 heterocycles. The average molecular weight is 465 g/mol. The fourth-order valence-electron chi connectivity index (χ4n) is 2.68. The molecule has 4 nitrogen and oxygen atoms in total. The van der Waals surface area contributed by atoms with Crippen molar-refractivity contribution in [2.45, 2.75) is 4.90 Å².